The average molecular weight is 265 g/mol. The monoisotopic (exact) mass is 264 g/mol. The minimum Gasteiger partial charge on any atom is -0.238 e. The largest absolute Gasteiger partial charge is 0.303 e. The van der Waals surface area contributed by atoms with Crippen LogP contribution in [0.1, 0.15) is 13.8 Å². The van der Waals surface area contributed by atoms with E-state index in [9.17, 15) is 8.42 Å². The SMILES string of the molecule is CC(C)N(C)S(=O)(=O)Nc1nccc(Cl)n1. The molecule has 1 aromatic heterocycles. The van der Waals surface area contributed by atoms with Crippen molar-refractivity contribution in [3.8, 4) is 0 Å². The van der Waals surface area contributed by atoms with Crippen molar-refractivity contribution >= 4 is 27.8 Å². The Hall–Kier alpha value is -0.920. The van der Waals surface area contributed by atoms with E-state index in [1.165, 1.54) is 23.6 Å². The maximum absolute atomic E-state index is 11.7. The molecule has 1 rings (SSSR count). The Balaban J connectivity index is 2.89. The van der Waals surface area contributed by atoms with Crippen molar-refractivity contribution in [3.05, 3.63) is 17.4 Å². The molecule has 8 heteroatoms. The Morgan fingerprint density at radius 3 is 2.62 bits per heavy atom. The van der Waals surface area contributed by atoms with Crippen LogP contribution in [0.15, 0.2) is 12.3 Å². The van der Waals surface area contributed by atoms with Crippen LogP contribution in [0.5, 0.6) is 0 Å². The zero-order chi connectivity index (χ0) is 12.3. The van der Waals surface area contributed by atoms with Crippen LogP contribution in [0.2, 0.25) is 5.15 Å². The predicted octanol–water partition coefficient (Wildman–Crippen LogP) is 1.13. The fraction of sp³-hybridized carbons (Fsp3) is 0.500. The van der Waals surface area contributed by atoms with Crippen LogP contribution in [0.25, 0.3) is 0 Å². The highest BCUT2D eigenvalue weighted by atomic mass is 35.5. The molecule has 1 heterocycles. The van der Waals surface area contributed by atoms with Crippen LogP contribution in [0.4, 0.5) is 5.95 Å². The van der Waals surface area contributed by atoms with Crippen LogP contribution < -0.4 is 4.72 Å². The number of hydrogen-bond acceptors (Lipinski definition) is 4. The summed E-state index contributed by atoms with van der Waals surface area (Å²) in [5.41, 5.74) is 0. The Kier molecular flexibility index (Phi) is 4.06. The van der Waals surface area contributed by atoms with Gasteiger partial charge in [-0.05, 0) is 19.9 Å². The summed E-state index contributed by atoms with van der Waals surface area (Å²) >= 11 is 5.62. The number of nitrogens with one attached hydrogen (secondary N) is 1. The lowest BCUT2D eigenvalue weighted by atomic mass is 10.4. The molecular weight excluding hydrogens is 252 g/mol. The molecule has 0 unspecified atom stereocenters. The first kappa shape index (κ1) is 13.1. The highest BCUT2D eigenvalue weighted by Crippen LogP contribution is 2.10. The Morgan fingerprint density at radius 2 is 2.12 bits per heavy atom. The van der Waals surface area contributed by atoms with E-state index in [0.717, 1.165) is 0 Å². The zero-order valence-electron chi connectivity index (χ0n) is 9.18. The van der Waals surface area contributed by atoms with Gasteiger partial charge in [-0.1, -0.05) is 11.6 Å². The van der Waals surface area contributed by atoms with Gasteiger partial charge in [-0.15, -0.1) is 0 Å². The van der Waals surface area contributed by atoms with Gasteiger partial charge in [-0.25, -0.2) is 14.7 Å². The summed E-state index contributed by atoms with van der Waals surface area (Å²) in [4.78, 5) is 7.49. The number of aromatic nitrogens is 2. The number of anilines is 1. The molecular formula is C8H13ClN4O2S. The highest BCUT2D eigenvalue weighted by molar-refractivity contribution is 7.90. The molecule has 0 aliphatic rings. The molecule has 0 amide bonds. The van der Waals surface area contributed by atoms with Crippen LogP contribution in [0, 0.1) is 0 Å². The fourth-order valence-electron chi connectivity index (χ4n) is 0.851. The molecule has 1 aromatic rings. The van der Waals surface area contributed by atoms with Gasteiger partial charge in [0.25, 0.3) is 0 Å². The molecule has 0 saturated heterocycles. The van der Waals surface area contributed by atoms with Crippen LogP contribution >= 0.6 is 11.6 Å². The molecule has 0 aromatic carbocycles. The van der Waals surface area contributed by atoms with Gasteiger partial charge in [0.15, 0.2) is 0 Å². The summed E-state index contributed by atoms with van der Waals surface area (Å²) in [6.45, 7) is 3.52. The molecule has 1 N–H and O–H groups in total. The van der Waals surface area contributed by atoms with E-state index in [2.05, 4.69) is 14.7 Å². The number of halogens is 1. The Labute approximate surface area is 99.8 Å². The quantitative estimate of drug-likeness (QED) is 0.827. The number of rotatable bonds is 4. The van der Waals surface area contributed by atoms with Crippen molar-refractivity contribution in [2.45, 2.75) is 19.9 Å². The van der Waals surface area contributed by atoms with Gasteiger partial charge < -0.3 is 0 Å². The zero-order valence-corrected chi connectivity index (χ0v) is 10.7. The average Bonchev–Trinajstić information content (AvgIpc) is 2.15. The second-order valence-corrected chi connectivity index (χ2v) is 5.54. The molecule has 0 spiro atoms. The second kappa shape index (κ2) is 4.94. The van der Waals surface area contributed by atoms with E-state index in [1.54, 1.807) is 13.8 Å². The van der Waals surface area contributed by atoms with Crippen molar-refractivity contribution < 1.29 is 8.42 Å². The highest BCUT2D eigenvalue weighted by Gasteiger charge is 2.21. The van der Waals surface area contributed by atoms with Crippen LogP contribution in [-0.4, -0.2) is 35.8 Å². The Bertz CT molecular complexity index is 463. The normalized spacial score (nSPS) is 12.1. The summed E-state index contributed by atoms with van der Waals surface area (Å²) < 4.78 is 26.9. The summed E-state index contributed by atoms with van der Waals surface area (Å²) in [6.07, 6.45) is 1.38. The van der Waals surface area contributed by atoms with Gasteiger partial charge >= 0.3 is 10.2 Å². The number of hydrogen-bond donors (Lipinski definition) is 1. The molecule has 0 fully saturated rings. The third-order valence-corrected chi connectivity index (χ3v) is 3.78. The first-order chi connectivity index (χ1) is 7.33. The molecule has 0 aliphatic heterocycles. The lowest BCUT2D eigenvalue weighted by molar-refractivity contribution is 0.414. The maximum Gasteiger partial charge on any atom is 0.303 e. The van der Waals surface area contributed by atoms with Crippen molar-refractivity contribution in [1.29, 1.82) is 0 Å². The van der Waals surface area contributed by atoms with E-state index in [1.807, 2.05) is 0 Å². The molecule has 16 heavy (non-hydrogen) atoms. The minimum absolute atomic E-state index is 0.0417. The van der Waals surface area contributed by atoms with Crippen molar-refractivity contribution in [2.24, 2.45) is 0 Å². The molecule has 0 bridgehead atoms. The van der Waals surface area contributed by atoms with E-state index in [4.69, 9.17) is 11.6 Å². The lowest BCUT2D eigenvalue weighted by Gasteiger charge is -2.20. The molecule has 6 nitrogen and oxygen atoms in total. The number of nitrogens with zero attached hydrogens (tertiary/aromatic N) is 3. The Morgan fingerprint density at radius 1 is 1.50 bits per heavy atom. The van der Waals surface area contributed by atoms with E-state index in [-0.39, 0.29) is 17.1 Å². The van der Waals surface area contributed by atoms with Crippen LogP contribution in [0.3, 0.4) is 0 Å². The minimum atomic E-state index is -3.63. The van der Waals surface area contributed by atoms with Gasteiger partial charge in [0.1, 0.15) is 5.15 Å². The van der Waals surface area contributed by atoms with Crippen molar-refractivity contribution in [3.63, 3.8) is 0 Å². The van der Waals surface area contributed by atoms with Crippen molar-refractivity contribution in [1.82, 2.24) is 14.3 Å². The first-order valence-electron chi connectivity index (χ1n) is 4.57. The van der Waals surface area contributed by atoms with Gasteiger partial charge in [-0.2, -0.15) is 12.7 Å². The standard InChI is InChI=1S/C8H13ClN4O2S/c1-6(2)13(3)16(14,15)12-8-10-5-4-7(9)11-8/h4-6H,1-3H3,(H,10,11,12). The van der Waals surface area contributed by atoms with Gasteiger partial charge in [0, 0.05) is 19.3 Å². The van der Waals surface area contributed by atoms with Crippen LogP contribution in [-0.2, 0) is 10.2 Å². The smallest absolute Gasteiger partial charge is 0.238 e. The lowest BCUT2D eigenvalue weighted by Crippen LogP contribution is -2.37. The molecule has 0 aliphatic carbocycles. The molecule has 0 saturated carbocycles. The second-order valence-electron chi connectivity index (χ2n) is 3.42. The molecule has 90 valence electrons. The van der Waals surface area contributed by atoms with E-state index in [0.29, 0.717) is 0 Å². The van der Waals surface area contributed by atoms with Crippen molar-refractivity contribution in [2.75, 3.05) is 11.8 Å². The summed E-state index contributed by atoms with van der Waals surface area (Å²) in [5, 5.41) is 0.180. The summed E-state index contributed by atoms with van der Waals surface area (Å²) in [7, 11) is -2.16. The third-order valence-electron chi connectivity index (χ3n) is 1.95. The summed E-state index contributed by atoms with van der Waals surface area (Å²) in [6, 6.07) is 1.31. The summed E-state index contributed by atoms with van der Waals surface area (Å²) in [5.74, 6) is -0.0417. The van der Waals surface area contributed by atoms with E-state index < -0.39 is 10.2 Å². The maximum atomic E-state index is 11.7. The third kappa shape index (κ3) is 3.29. The molecule has 0 atom stereocenters. The molecule has 0 radical (unpaired) electrons. The van der Waals surface area contributed by atoms with Gasteiger partial charge in [0.05, 0.1) is 0 Å². The van der Waals surface area contributed by atoms with Gasteiger partial charge in [0.2, 0.25) is 5.95 Å². The van der Waals surface area contributed by atoms with E-state index >= 15 is 0 Å². The van der Waals surface area contributed by atoms with Gasteiger partial charge in [-0.3, -0.25) is 0 Å². The topological polar surface area (TPSA) is 75.2 Å². The first-order valence-corrected chi connectivity index (χ1v) is 6.39. The fourth-order valence-corrected chi connectivity index (χ4v) is 2.02. The predicted molar refractivity (Wildman–Crippen MR) is 62.5 cm³/mol.